The SMILES string of the molecule is COc1cc(C)nc(NC(=O)c2ccc(N)cc2F)n1. The van der Waals surface area contributed by atoms with Crippen molar-refractivity contribution >= 4 is 17.5 Å². The van der Waals surface area contributed by atoms with Gasteiger partial charge < -0.3 is 10.5 Å². The number of halogens is 1. The van der Waals surface area contributed by atoms with E-state index in [2.05, 4.69) is 15.3 Å². The monoisotopic (exact) mass is 276 g/mol. The zero-order valence-corrected chi connectivity index (χ0v) is 11.0. The van der Waals surface area contributed by atoms with Gasteiger partial charge in [0.05, 0.1) is 12.7 Å². The molecular formula is C13H13FN4O2. The molecule has 0 saturated carbocycles. The minimum Gasteiger partial charge on any atom is -0.481 e. The Morgan fingerprint density at radius 3 is 2.75 bits per heavy atom. The number of hydrogen-bond acceptors (Lipinski definition) is 5. The molecule has 104 valence electrons. The largest absolute Gasteiger partial charge is 0.481 e. The summed E-state index contributed by atoms with van der Waals surface area (Å²) in [7, 11) is 1.45. The molecule has 0 aliphatic rings. The summed E-state index contributed by atoms with van der Waals surface area (Å²) in [5, 5.41) is 2.41. The Balaban J connectivity index is 2.25. The van der Waals surface area contributed by atoms with Gasteiger partial charge in [-0.25, -0.2) is 9.37 Å². The van der Waals surface area contributed by atoms with Crippen LogP contribution in [0.1, 0.15) is 16.1 Å². The second-order valence-electron chi connectivity index (χ2n) is 4.07. The highest BCUT2D eigenvalue weighted by molar-refractivity contribution is 6.03. The lowest BCUT2D eigenvalue weighted by Crippen LogP contribution is -2.16. The van der Waals surface area contributed by atoms with Crippen molar-refractivity contribution in [2.24, 2.45) is 0 Å². The van der Waals surface area contributed by atoms with E-state index in [-0.39, 0.29) is 17.2 Å². The summed E-state index contributed by atoms with van der Waals surface area (Å²) in [5.41, 5.74) is 6.15. The standard InChI is InChI=1S/C13H13FN4O2/c1-7-5-11(20-2)17-13(16-7)18-12(19)9-4-3-8(15)6-10(9)14/h3-6H,15H2,1-2H3,(H,16,17,18,19). The Bertz CT molecular complexity index is 661. The van der Waals surface area contributed by atoms with Crippen LogP contribution in [0, 0.1) is 12.7 Å². The van der Waals surface area contributed by atoms with E-state index in [4.69, 9.17) is 10.5 Å². The molecular weight excluding hydrogens is 263 g/mol. The van der Waals surface area contributed by atoms with Crippen LogP contribution in [0.4, 0.5) is 16.0 Å². The number of nitrogens with two attached hydrogens (primary N) is 1. The van der Waals surface area contributed by atoms with Crippen LogP contribution >= 0.6 is 0 Å². The summed E-state index contributed by atoms with van der Waals surface area (Å²) in [4.78, 5) is 19.9. The molecule has 0 unspecified atom stereocenters. The van der Waals surface area contributed by atoms with Gasteiger partial charge >= 0.3 is 0 Å². The number of carbonyl (C=O) groups is 1. The molecule has 7 heteroatoms. The molecule has 2 rings (SSSR count). The number of hydrogen-bond donors (Lipinski definition) is 2. The van der Waals surface area contributed by atoms with Crippen LogP contribution in [0.3, 0.4) is 0 Å². The third-order valence-corrected chi connectivity index (χ3v) is 2.50. The first kappa shape index (κ1) is 13.7. The van der Waals surface area contributed by atoms with Gasteiger partial charge in [0.1, 0.15) is 5.82 Å². The van der Waals surface area contributed by atoms with Gasteiger partial charge in [-0.3, -0.25) is 10.1 Å². The van der Waals surface area contributed by atoms with E-state index in [0.29, 0.717) is 11.6 Å². The number of benzene rings is 1. The lowest BCUT2D eigenvalue weighted by Gasteiger charge is -2.07. The van der Waals surface area contributed by atoms with Gasteiger partial charge in [-0.1, -0.05) is 0 Å². The highest BCUT2D eigenvalue weighted by atomic mass is 19.1. The van der Waals surface area contributed by atoms with Crippen LogP contribution in [-0.4, -0.2) is 23.0 Å². The van der Waals surface area contributed by atoms with Crippen LogP contribution in [0.25, 0.3) is 0 Å². The molecule has 0 saturated heterocycles. The second kappa shape index (κ2) is 5.52. The lowest BCUT2D eigenvalue weighted by atomic mass is 10.2. The van der Waals surface area contributed by atoms with Gasteiger partial charge in [-0.2, -0.15) is 4.98 Å². The number of ether oxygens (including phenoxy) is 1. The molecule has 6 nitrogen and oxygen atoms in total. The van der Waals surface area contributed by atoms with Crippen LogP contribution in [0.5, 0.6) is 5.88 Å². The van der Waals surface area contributed by atoms with E-state index in [9.17, 15) is 9.18 Å². The number of nitrogens with one attached hydrogen (secondary N) is 1. The van der Waals surface area contributed by atoms with Crippen molar-refractivity contribution in [2.45, 2.75) is 6.92 Å². The van der Waals surface area contributed by atoms with E-state index < -0.39 is 11.7 Å². The third kappa shape index (κ3) is 3.00. The molecule has 1 heterocycles. The second-order valence-corrected chi connectivity index (χ2v) is 4.07. The molecule has 0 aliphatic heterocycles. The first-order chi connectivity index (χ1) is 9.49. The number of anilines is 2. The highest BCUT2D eigenvalue weighted by Gasteiger charge is 2.14. The molecule has 3 N–H and O–H groups in total. The Kier molecular flexibility index (Phi) is 3.79. The van der Waals surface area contributed by atoms with Crippen molar-refractivity contribution in [3.05, 3.63) is 41.3 Å². The average Bonchev–Trinajstić information content (AvgIpc) is 2.37. The number of nitrogens with zero attached hydrogens (tertiary/aromatic N) is 2. The Hall–Kier alpha value is -2.70. The minimum atomic E-state index is -0.706. The number of nitrogen functional groups attached to an aromatic ring is 1. The Labute approximate surface area is 114 Å². The predicted molar refractivity (Wildman–Crippen MR) is 72.1 cm³/mol. The van der Waals surface area contributed by atoms with Gasteiger partial charge in [0.15, 0.2) is 0 Å². The van der Waals surface area contributed by atoms with E-state index in [1.165, 1.54) is 19.2 Å². The summed E-state index contributed by atoms with van der Waals surface area (Å²) < 4.78 is 18.6. The summed E-state index contributed by atoms with van der Waals surface area (Å²) in [6.45, 7) is 1.73. The van der Waals surface area contributed by atoms with Crippen LogP contribution in [0.15, 0.2) is 24.3 Å². The fraction of sp³-hybridized carbons (Fsp3) is 0.154. The summed E-state index contributed by atoms with van der Waals surface area (Å²) in [6, 6.07) is 5.43. The van der Waals surface area contributed by atoms with Crippen LogP contribution < -0.4 is 15.8 Å². The first-order valence-electron chi connectivity index (χ1n) is 5.75. The van der Waals surface area contributed by atoms with E-state index in [1.807, 2.05) is 0 Å². The number of amides is 1. The number of carbonyl (C=O) groups excluding carboxylic acids is 1. The molecule has 1 amide bonds. The Morgan fingerprint density at radius 1 is 1.35 bits per heavy atom. The van der Waals surface area contributed by atoms with Crippen molar-refractivity contribution in [3.8, 4) is 5.88 Å². The molecule has 0 radical (unpaired) electrons. The lowest BCUT2D eigenvalue weighted by molar-refractivity contribution is 0.102. The topological polar surface area (TPSA) is 90.1 Å². The molecule has 2 aromatic rings. The van der Waals surface area contributed by atoms with E-state index in [0.717, 1.165) is 6.07 Å². The van der Waals surface area contributed by atoms with Crippen molar-refractivity contribution < 1.29 is 13.9 Å². The van der Waals surface area contributed by atoms with Crippen LogP contribution in [0.2, 0.25) is 0 Å². The van der Waals surface area contributed by atoms with Crippen molar-refractivity contribution in [3.63, 3.8) is 0 Å². The fourth-order valence-electron chi connectivity index (χ4n) is 1.58. The average molecular weight is 276 g/mol. The molecule has 0 atom stereocenters. The Morgan fingerprint density at radius 2 is 2.10 bits per heavy atom. The zero-order chi connectivity index (χ0) is 14.7. The van der Waals surface area contributed by atoms with E-state index >= 15 is 0 Å². The summed E-state index contributed by atoms with van der Waals surface area (Å²) in [5.74, 6) is -1.01. The van der Waals surface area contributed by atoms with Gasteiger partial charge in [0.2, 0.25) is 11.8 Å². The molecule has 20 heavy (non-hydrogen) atoms. The zero-order valence-electron chi connectivity index (χ0n) is 11.0. The van der Waals surface area contributed by atoms with Gasteiger partial charge in [0.25, 0.3) is 5.91 Å². The van der Waals surface area contributed by atoms with Gasteiger partial charge in [-0.05, 0) is 25.1 Å². The molecule has 0 bridgehead atoms. The van der Waals surface area contributed by atoms with Gasteiger partial charge in [0, 0.05) is 17.4 Å². The third-order valence-electron chi connectivity index (χ3n) is 2.50. The van der Waals surface area contributed by atoms with Crippen molar-refractivity contribution in [2.75, 3.05) is 18.2 Å². The van der Waals surface area contributed by atoms with Gasteiger partial charge in [-0.15, -0.1) is 0 Å². The number of rotatable bonds is 3. The molecule has 1 aromatic heterocycles. The number of aromatic nitrogens is 2. The maximum atomic E-state index is 13.6. The molecule has 0 aliphatic carbocycles. The normalized spacial score (nSPS) is 10.2. The fourth-order valence-corrected chi connectivity index (χ4v) is 1.58. The highest BCUT2D eigenvalue weighted by Crippen LogP contribution is 2.15. The van der Waals surface area contributed by atoms with E-state index in [1.54, 1.807) is 13.0 Å². The summed E-state index contributed by atoms with van der Waals surface area (Å²) in [6.07, 6.45) is 0. The van der Waals surface area contributed by atoms with Crippen LogP contribution in [-0.2, 0) is 0 Å². The first-order valence-corrected chi connectivity index (χ1v) is 5.75. The van der Waals surface area contributed by atoms with Crippen molar-refractivity contribution in [1.29, 1.82) is 0 Å². The maximum Gasteiger partial charge on any atom is 0.260 e. The maximum absolute atomic E-state index is 13.6. The number of aryl methyl sites for hydroxylation is 1. The smallest absolute Gasteiger partial charge is 0.260 e. The minimum absolute atomic E-state index is 0.0445. The van der Waals surface area contributed by atoms with Crippen molar-refractivity contribution in [1.82, 2.24) is 9.97 Å². The molecule has 0 fully saturated rings. The predicted octanol–water partition coefficient (Wildman–Crippen LogP) is 1.77. The summed E-state index contributed by atoms with van der Waals surface area (Å²) >= 11 is 0. The number of methoxy groups -OCH3 is 1. The molecule has 0 spiro atoms. The quantitative estimate of drug-likeness (QED) is 0.834. The molecule has 1 aromatic carbocycles.